The van der Waals surface area contributed by atoms with Crippen LogP contribution in [0.4, 0.5) is 0 Å². The first-order valence-electron chi connectivity index (χ1n) is 10.2. The van der Waals surface area contributed by atoms with Gasteiger partial charge in [0.2, 0.25) is 0 Å². The average molecular weight is 534 g/mol. The smallest absolute Gasteiger partial charge is 0.191 e. The molecule has 2 aromatic heterocycles. The number of methoxy groups -OCH3 is 1. The highest BCUT2D eigenvalue weighted by molar-refractivity contribution is 14.0. The lowest BCUT2D eigenvalue weighted by atomic mass is 10.1. The number of nitrogens with zero attached hydrogens (tertiary/aromatic N) is 4. The van der Waals surface area contributed by atoms with E-state index in [1.807, 2.05) is 36.0 Å². The monoisotopic (exact) mass is 534 g/mol. The zero-order valence-corrected chi connectivity index (χ0v) is 20.9. The van der Waals surface area contributed by atoms with Gasteiger partial charge < -0.3 is 15.4 Å². The Balaban J connectivity index is 0.00000341. The molecule has 7 nitrogen and oxygen atoms in total. The van der Waals surface area contributed by atoms with Crippen molar-refractivity contribution >= 4 is 29.9 Å². The second-order valence-electron chi connectivity index (χ2n) is 7.05. The lowest BCUT2D eigenvalue weighted by Crippen LogP contribution is -2.38. The summed E-state index contributed by atoms with van der Waals surface area (Å²) in [6.07, 6.45) is 6.44. The Morgan fingerprint density at radius 3 is 2.55 bits per heavy atom. The zero-order chi connectivity index (χ0) is 21.3. The molecule has 0 aliphatic heterocycles. The number of halogens is 1. The number of ether oxygens (including phenoxy) is 1. The van der Waals surface area contributed by atoms with E-state index in [1.165, 1.54) is 5.56 Å². The number of guanidine groups is 1. The standard InChI is InChI=1S/C23H30N6O.HI/c1-5-24-23(26-11-10-19-7-6-17(2)21(14-19)30-4)28-16-20-8-9-22(27-15-20)29-13-12-25-18(29)3;/h6-9,12-15H,5,10-11,16H2,1-4H3,(H2,24,26,28);1H. The summed E-state index contributed by atoms with van der Waals surface area (Å²) in [5.41, 5.74) is 3.43. The van der Waals surface area contributed by atoms with Crippen molar-refractivity contribution < 1.29 is 4.74 Å². The van der Waals surface area contributed by atoms with Gasteiger partial charge in [-0.15, -0.1) is 24.0 Å². The number of aryl methyl sites for hydroxylation is 2. The molecule has 0 spiro atoms. The molecule has 3 rings (SSSR count). The second-order valence-corrected chi connectivity index (χ2v) is 7.05. The average Bonchev–Trinajstić information content (AvgIpc) is 3.19. The van der Waals surface area contributed by atoms with E-state index in [4.69, 9.17) is 4.74 Å². The molecule has 2 heterocycles. The topological polar surface area (TPSA) is 76.4 Å². The fourth-order valence-corrected chi connectivity index (χ4v) is 3.13. The van der Waals surface area contributed by atoms with Crippen LogP contribution in [0.5, 0.6) is 5.75 Å². The van der Waals surface area contributed by atoms with Gasteiger partial charge >= 0.3 is 0 Å². The number of aromatic nitrogens is 3. The van der Waals surface area contributed by atoms with Gasteiger partial charge in [-0.3, -0.25) is 4.57 Å². The Morgan fingerprint density at radius 2 is 1.90 bits per heavy atom. The maximum absolute atomic E-state index is 5.41. The second kappa shape index (κ2) is 12.3. The number of imidazole rings is 1. The van der Waals surface area contributed by atoms with Gasteiger partial charge in [0.25, 0.3) is 0 Å². The van der Waals surface area contributed by atoms with Crippen LogP contribution in [0.25, 0.3) is 5.82 Å². The molecule has 0 unspecified atom stereocenters. The van der Waals surface area contributed by atoms with Gasteiger partial charge in [0.15, 0.2) is 5.96 Å². The molecule has 0 radical (unpaired) electrons. The molecular weight excluding hydrogens is 503 g/mol. The Bertz CT molecular complexity index is 984. The molecule has 166 valence electrons. The summed E-state index contributed by atoms with van der Waals surface area (Å²) in [6, 6.07) is 10.4. The molecule has 3 aromatic rings. The molecule has 0 saturated carbocycles. The van der Waals surface area contributed by atoms with Crippen molar-refractivity contribution in [2.45, 2.75) is 33.7 Å². The minimum atomic E-state index is 0. The highest BCUT2D eigenvalue weighted by Crippen LogP contribution is 2.19. The van der Waals surface area contributed by atoms with Crippen LogP contribution >= 0.6 is 24.0 Å². The normalized spacial score (nSPS) is 11.0. The van der Waals surface area contributed by atoms with Crippen molar-refractivity contribution in [2.24, 2.45) is 4.99 Å². The van der Waals surface area contributed by atoms with Crippen molar-refractivity contribution in [3.8, 4) is 11.6 Å². The minimum Gasteiger partial charge on any atom is -0.496 e. The molecule has 2 N–H and O–H groups in total. The number of rotatable bonds is 8. The van der Waals surface area contributed by atoms with E-state index >= 15 is 0 Å². The largest absolute Gasteiger partial charge is 0.496 e. The molecule has 0 amide bonds. The van der Waals surface area contributed by atoms with Crippen LogP contribution in [-0.2, 0) is 13.0 Å². The van der Waals surface area contributed by atoms with Crippen molar-refractivity contribution in [1.82, 2.24) is 25.2 Å². The number of aliphatic imine (C=N–C) groups is 1. The summed E-state index contributed by atoms with van der Waals surface area (Å²) in [4.78, 5) is 13.5. The fraction of sp³-hybridized carbons (Fsp3) is 0.348. The van der Waals surface area contributed by atoms with Crippen LogP contribution in [0, 0.1) is 13.8 Å². The number of benzene rings is 1. The molecule has 8 heteroatoms. The predicted molar refractivity (Wildman–Crippen MR) is 136 cm³/mol. The van der Waals surface area contributed by atoms with Crippen molar-refractivity contribution in [2.75, 3.05) is 20.2 Å². The lowest BCUT2D eigenvalue weighted by molar-refractivity contribution is 0.411. The molecule has 31 heavy (non-hydrogen) atoms. The Hall–Kier alpha value is -2.62. The maximum atomic E-state index is 5.41. The maximum Gasteiger partial charge on any atom is 0.191 e. The van der Waals surface area contributed by atoms with Crippen LogP contribution < -0.4 is 15.4 Å². The summed E-state index contributed by atoms with van der Waals surface area (Å²) in [7, 11) is 1.71. The fourth-order valence-electron chi connectivity index (χ4n) is 3.13. The molecule has 0 aliphatic carbocycles. The first-order valence-corrected chi connectivity index (χ1v) is 10.2. The summed E-state index contributed by atoms with van der Waals surface area (Å²) < 4.78 is 7.37. The van der Waals surface area contributed by atoms with E-state index < -0.39 is 0 Å². The third kappa shape index (κ3) is 6.95. The summed E-state index contributed by atoms with van der Waals surface area (Å²) in [6.45, 7) is 8.22. The number of hydrogen-bond acceptors (Lipinski definition) is 4. The van der Waals surface area contributed by atoms with E-state index in [9.17, 15) is 0 Å². The zero-order valence-electron chi connectivity index (χ0n) is 18.6. The van der Waals surface area contributed by atoms with Crippen LogP contribution in [0.2, 0.25) is 0 Å². The molecule has 0 atom stereocenters. The van der Waals surface area contributed by atoms with E-state index in [-0.39, 0.29) is 24.0 Å². The van der Waals surface area contributed by atoms with Crippen LogP contribution in [0.1, 0.15) is 29.4 Å². The van der Waals surface area contributed by atoms with Crippen LogP contribution in [-0.4, -0.2) is 40.7 Å². The van der Waals surface area contributed by atoms with Crippen LogP contribution in [0.15, 0.2) is 53.9 Å². The summed E-state index contributed by atoms with van der Waals surface area (Å²) >= 11 is 0. The SMILES string of the molecule is CCNC(=NCc1ccc(-n2ccnc2C)nc1)NCCc1ccc(C)c(OC)c1.I. The van der Waals surface area contributed by atoms with Gasteiger partial charge in [0, 0.05) is 31.7 Å². The van der Waals surface area contributed by atoms with Gasteiger partial charge in [-0.1, -0.05) is 18.2 Å². The van der Waals surface area contributed by atoms with Gasteiger partial charge in [-0.25, -0.2) is 15.0 Å². The first kappa shape index (κ1) is 24.6. The van der Waals surface area contributed by atoms with Gasteiger partial charge in [0.05, 0.1) is 13.7 Å². The Kier molecular flexibility index (Phi) is 9.77. The van der Waals surface area contributed by atoms with Gasteiger partial charge in [0.1, 0.15) is 17.4 Å². The lowest BCUT2D eigenvalue weighted by Gasteiger charge is -2.12. The number of hydrogen-bond donors (Lipinski definition) is 2. The first-order chi connectivity index (χ1) is 14.6. The van der Waals surface area contributed by atoms with Crippen LogP contribution in [0.3, 0.4) is 0 Å². The van der Waals surface area contributed by atoms with E-state index in [2.05, 4.69) is 57.6 Å². The van der Waals surface area contributed by atoms with Gasteiger partial charge in [-0.05, 0) is 56.0 Å². The molecule has 1 aromatic carbocycles. The quantitative estimate of drug-likeness (QED) is 0.261. The molecule has 0 aliphatic rings. The third-order valence-corrected chi connectivity index (χ3v) is 4.82. The summed E-state index contributed by atoms with van der Waals surface area (Å²) in [5, 5.41) is 6.69. The highest BCUT2D eigenvalue weighted by atomic mass is 127. The Morgan fingerprint density at radius 1 is 1.10 bits per heavy atom. The molecular formula is C23H31IN6O. The highest BCUT2D eigenvalue weighted by Gasteiger charge is 2.04. The minimum absolute atomic E-state index is 0. The summed E-state index contributed by atoms with van der Waals surface area (Å²) in [5.74, 6) is 3.50. The number of nitrogens with one attached hydrogen (secondary N) is 2. The molecule has 0 fully saturated rings. The van der Waals surface area contributed by atoms with E-state index in [0.717, 1.165) is 54.0 Å². The molecule has 0 bridgehead atoms. The van der Waals surface area contributed by atoms with E-state index in [0.29, 0.717) is 6.54 Å². The van der Waals surface area contributed by atoms with Gasteiger partial charge in [-0.2, -0.15) is 0 Å². The van der Waals surface area contributed by atoms with Crippen molar-refractivity contribution in [1.29, 1.82) is 0 Å². The Labute approximate surface area is 201 Å². The predicted octanol–water partition coefficient (Wildman–Crippen LogP) is 3.81. The van der Waals surface area contributed by atoms with E-state index in [1.54, 1.807) is 13.3 Å². The molecule has 0 saturated heterocycles. The third-order valence-electron chi connectivity index (χ3n) is 4.82. The van der Waals surface area contributed by atoms with Crippen molar-refractivity contribution in [3.05, 3.63) is 71.4 Å². The van der Waals surface area contributed by atoms with Crippen molar-refractivity contribution in [3.63, 3.8) is 0 Å². The number of pyridine rings is 1.